The molecule has 2 aromatic carbocycles. The predicted molar refractivity (Wildman–Crippen MR) is 104 cm³/mol. The van der Waals surface area contributed by atoms with Crippen LogP contribution >= 0.6 is 0 Å². The number of esters is 2. The van der Waals surface area contributed by atoms with Crippen LogP contribution in [0.3, 0.4) is 0 Å². The van der Waals surface area contributed by atoms with E-state index in [2.05, 4.69) is 0 Å². The zero-order valence-electron chi connectivity index (χ0n) is 16.1. The summed E-state index contributed by atoms with van der Waals surface area (Å²) in [6.07, 6.45) is 0.327. The lowest BCUT2D eigenvalue weighted by atomic mass is 9.93. The van der Waals surface area contributed by atoms with Crippen molar-refractivity contribution in [2.24, 2.45) is 5.73 Å². The van der Waals surface area contributed by atoms with Gasteiger partial charge in [0.05, 0.1) is 0 Å². The van der Waals surface area contributed by atoms with Crippen LogP contribution in [-0.4, -0.2) is 23.8 Å². The van der Waals surface area contributed by atoms with Crippen LogP contribution in [0.25, 0.3) is 0 Å². The summed E-state index contributed by atoms with van der Waals surface area (Å²) in [6, 6.07) is 18.1. The molecule has 1 atom stereocenters. The van der Waals surface area contributed by atoms with Crippen molar-refractivity contribution < 1.29 is 23.9 Å². The molecule has 0 aliphatic rings. The van der Waals surface area contributed by atoms with E-state index in [1.165, 1.54) is 0 Å². The van der Waals surface area contributed by atoms with Crippen LogP contribution in [0.2, 0.25) is 0 Å². The van der Waals surface area contributed by atoms with E-state index in [-0.39, 0.29) is 19.4 Å². The fourth-order valence-corrected chi connectivity index (χ4v) is 2.65. The molecule has 148 valence electrons. The largest absolute Gasteiger partial charge is 0.459 e. The van der Waals surface area contributed by atoms with E-state index in [0.717, 1.165) is 11.1 Å². The van der Waals surface area contributed by atoms with Crippen LogP contribution in [0.1, 0.15) is 37.8 Å². The monoisotopic (exact) mass is 383 g/mol. The van der Waals surface area contributed by atoms with Crippen molar-refractivity contribution in [3.05, 3.63) is 71.8 Å². The highest BCUT2D eigenvalue weighted by Gasteiger charge is 2.47. The Balaban J connectivity index is 2.16. The summed E-state index contributed by atoms with van der Waals surface area (Å²) >= 11 is 0. The molecule has 0 aliphatic carbocycles. The molecular weight excluding hydrogens is 358 g/mol. The lowest BCUT2D eigenvalue weighted by Crippen LogP contribution is -2.57. The maximum atomic E-state index is 12.8. The highest BCUT2D eigenvalue weighted by atomic mass is 16.6. The summed E-state index contributed by atoms with van der Waals surface area (Å²) in [6.45, 7) is 3.38. The number of nitrogens with two attached hydrogens (primary N) is 1. The molecule has 6 heteroatoms. The summed E-state index contributed by atoms with van der Waals surface area (Å²) in [5.41, 5.74) is 4.54. The first-order valence-electron chi connectivity index (χ1n) is 9.02. The topological polar surface area (TPSA) is 95.7 Å². The first-order chi connectivity index (χ1) is 13.3. The molecular formula is C22H25NO5. The Bertz CT molecular complexity index is 804. The third-order valence-corrected chi connectivity index (χ3v) is 4.41. The zero-order valence-corrected chi connectivity index (χ0v) is 16.1. The molecule has 2 N–H and O–H groups in total. The van der Waals surface area contributed by atoms with Gasteiger partial charge in [0.25, 0.3) is 0 Å². The quantitative estimate of drug-likeness (QED) is 0.406. The second kappa shape index (κ2) is 9.28. The summed E-state index contributed by atoms with van der Waals surface area (Å²) in [7, 11) is 0. The number of hydrogen-bond acceptors (Lipinski definition) is 6. The molecule has 0 heterocycles. The normalized spacial score (nSPS) is 13.2. The Morgan fingerprint density at radius 3 is 2.11 bits per heavy atom. The van der Waals surface area contributed by atoms with E-state index in [0.29, 0.717) is 6.29 Å². The number of carbonyl (C=O) groups excluding carboxylic acids is 3. The average Bonchev–Trinajstić information content (AvgIpc) is 2.71. The predicted octanol–water partition coefficient (Wildman–Crippen LogP) is 2.88. The second-order valence-corrected chi connectivity index (χ2v) is 7.00. The van der Waals surface area contributed by atoms with E-state index in [1.54, 1.807) is 26.0 Å². The Morgan fingerprint density at radius 1 is 0.964 bits per heavy atom. The van der Waals surface area contributed by atoms with Crippen molar-refractivity contribution in [1.29, 1.82) is 0 Å². The molecule has 0 bridgehead atoms. The van der Waals surface area contributed by atoms with Crippen LogP contribution in [0.4, 0.5) is 0 Å². The first kappa shape index (κ1) is 21.3. The molecule has 6 nitrogen and oxygen atoms in total. The van der Waals surface area contributed by atoms with Gasteiger partial charge in [-0.2, -0.15) is 0 Å². The van der Waals surface area contributed by atoms with E-state index in [9.17, 15) is 14.4 Å². The molecule has 0 amide bonds. The fourth-order valence-electron chi connectivity index (χ4n) is 2.65. The van der Waals surface area contributed by atoms with Crippen molar-refractivity contribution in [3.63, 3.8) is 0 Å². The van der Waals surface area contributed by atoms with Crippen LogP contribution in [0.15, 0.2) is 60.7 Å². The summed E-state index contributed by atoms with van der Waals surface area (Å²) < 4.78 is 10.8. The van der Waals surface area contributed by atoms with Gasteiger partial charge in [-0.05, 0) is 31.4 Å². The minimum Gasteiger partial charge on any atom is -0.459 e. The number of hydrogen-bond donors (Lipinski definition) is 1. The molecule has 0 aliphatic heterocycles. The fraction of sp³-hybridized carbons (Fsp3) is 0.318. The van der Waals surface area contributed by atoms with Crippen molar-refractivity contribution in [2.75, 3.05) is 0 Å². The molecule has 2 aromatic rings. The minimum absolute atomic E-state index is 0.0327. The van der Waals surface area contributed by atoms with Gasteiger partial charge in [-0.25, -0.2) is 9.59 Å². The van der Waals surface area contributed by atoms with Gasteiger partial charge in [-0.15, -0.1) is 0 Å². The molecule has 0 spiro atoms. The van der Waals surface area contributed by atoms with Crippen LogP contribution in [0.5, 0.6) is 0 Å². The van der Waals surface area contributed by atoms with E-state index in [1.807, 2.05) is 48.5 Å². The van der Waals surface area contributed by atoms with E-state index in [4.69, 9.17) is 15.2 Å². The van der Waals surface area contributed by atoms with Crippen LogP contribution in [0, 0.1) is 0 Å². The maximum absolute atomic E-state index is 12.8. The Kier molecular flexibility index (Phi) is 7.06. The molecule has 2 rings (SSSR count). The molecule has 0 saturated heterocycles. The summed E-state index contributed by atoms with van der Waals surface area (Å²) in [5, 5.41) is 0. The number of carbonyl (C=O) groups is 3. The molecule has 0 aromatic heterocycles. The molecule has 28 heavy (non-hydrogen) atoms. The molecule has 1 unspecified atom stereocenters. The SMILES string of the molecule is CC(C)(OC(=O)C(N)(CCC=O)C(=O)OCc1ccccc1)c1ccccc1. The average molecular weight is 383 g/mol. The van der Waals surface area contributed by atoms with Gasteiger partial charge in [0.15, 0.2) is 0 Å². The van der Waals surface area contributed by atoms with E-state index >= 15 is 0 Å². The zero-order chi connectivity index (χ0) is 20.6. The van der Waals surface area contributed by atoms with Crippen LogP contribution in [-0.2, 0) is 36.1 Å². The van der Waals surface area contributed by atoms with Crippen molar-refractivity contribution >= 4 is 18.2 Å². The smallest absolute Gasteiger partial charge is 0.338 e. The van der Waals surface area contributed by atoms with Crippen LogP contribution < -0.4 is 5.73 Å². The van der Waals surface area contributed by atoms with Gasteiger partial charge >= 0.3 is 11.9 Å². The van der Waals surface area contributed by atoms with Gasteiger partial charge in [-0.1, -0.05) is 60.7 Å². The van der Waals surface area contributed by atoms with Crippen molar-refractivity contribution in [3.8, 4) is 0 Å². The second-order valence-electron chi connectivity index (χ2n) is 7.00. The molecule has 0 radical (unpaired) electrons. The number of ether oxygens (including phenoxy) is 2. The van der Waals surface area contributed by atoms with E-state index < -0.39 is 23.1 Å². The summed E-state index contributed by atoms with van der Waals surface area (Å²) in [5.74, 6) is -1.85. The lowest BCUT2D eigenvalue weighted by Gasteiger charge is -2.31. The number of aldehydes is 1. The van der Waals surface area contributed by atoms with Gasteiger partial charge in [0, 0.05) is 6.42 Å². The van der Waals surface area contributed by atoms with Gasteiger partial charge in [-0.3, -0.25) is 0 Å². The number of benzene rings is 2. The third-order valence-electron chi connectivity index (χ3n) is 4.41. The third kappa shape index (κ3) is 5.27. The lowest BCUT2D eigenvalue weighted by molar-refractivity contribution is -0.174. The first-order valence-corrected chi connectivity index (χ1v) is 9.02. The van der Waals surface area contributed by atoms with Gasteiger partial charge < -0.3 is 20.0 Å². The Labute approximate surface area is 164 Å². The highest BCUT2D eigenvalue weighted by Crippen LogP contribution is 2.27. The molecule has 0 saturated carbocycles. The maximum Gasteiger partial charge on any atom is 0.338 e. The van der Waals surface area contributed by atoms with Gasteiger partial charge in [0.2, 0.25) is 5.54 Å². The Morgan fingerprint density at radius 2 is 1.54 bits per heavy atom. The van der Waals surface area contributed by atoms with Gasteiger partial charge in [0.1, 0.15) is 18.5 Å². The molecule has 0 fully saturated rings. The Hall–Kier alpha value is -2.99. The standard InChI is InChI=1S/C22H25NO5/c1-21(2,18-12-7-4-8-13-18)28-20(26)22(23,14-9-15-24)19(25)27-16-17-10-5-3-6-11-17/h3-8,10-13,15H,9,14,16,23H2,1-2H3. The highest BCUT2D eigenvalue weighted by molar-refractivity contribution is 6.05. The van der Waals surface area contributed by atoms with Crippen molar-refractivity contribution in [1.82, 2.24) is 0 Å². The van der Waals surface area contributed by atoms with Crippen molar-refractivity contribution in [2.45, 2.75) is 44.4 Å². The minimum atomic E-state index is -2.07. The number of rotatable bonds is 9. The summed E-state index contributed by atoms with van der Waals surface area (Å²) in [4.78, 5) is 36.3.